The number of hydrogen-bond donors (Lipinski definition) is 3. The van der Waals surface area contributed by atoms with Crippen LogP contribution in [0.3, 0.4) is 0 Å². The summed E-state index contributed by atoms with van der Waals surface area (Å²) in [5, 5.41) is 4.54. The number of nitrogens with zero attached hydrogens (tertiary/aromatic N) is 1. The Balaban J connectivity index is 3.18. The van der Waals surface area contributed by atoms with Crippen LogP contribution in [0.1, 0.15) is 20.3 Å². The molecule has 0 fully saturated rings. The van der Waals surface area contributed by atoms with E-state index < -0.39 is 27.8 Å². The highest BCUT2D eigenvalue weighted by molar-refractivity contribution is 7.94. The minimum atomic E-state index is -3.46. The monoisotopic (exact) mass is 380 g/mol. The molecule has 0 spiro atoms. The van der Waals surface area contributed by atoms with E-state index in [1.54, 1.807) is 12.4 Å². The van der Waals surface area contributed by atoms with E-state index in [-0.39, 0.29) is 16.7 Å². The first kappa shape index (κ1) is 20.0. The Morgan fingerprint density at radius 1 is 1.48 bits per heavy atom. The van der Waals surface area contributed by atoms with Crippen LogP contribution in [0.4, 0.5) is 0 Å². The Kier molecular flexibility index (Phi) is 7.62. The summed E-state index contributed by atoms with van der Waals surface area (Å²) in [4.78, 5) is 23.9. The number of hydrogen-bond acceptors (Lipinski definition) is 6. The van der Waals surface area contributed by atoms with Gasteiger partial charge in [-0.2, -0.15) is 0 Å². The van der Waals surface area contributed by atoms with Gasteiger partial charge in [0.05, 0.1) is 17.6 Å². The normalized spacial score (nSPS) is 15.0. The van der Waals surface area contributed by atoms with Crippen molar-refractivity contribution < 1.29 is 13.8 Å². The summed E-state index contributed by atoms with van der Waals surface area (Å²) in [5.74, 6) is -1.07. The molecular formula is C13H21ClN4O3S2. The third-order valence-corrected chi connectivity index (χ3v) is 6.31. The number of halogens is 1. The first-order valence-electron chi connectivity index (χ1n) is 6.93. The maximum absolute atomic E-state index is 13.0. The molecule has 0 aliphatic heterocycles. The highest BCUT2D eigenvalue weighted by atomic mass is 35.5. The predicted molar refractivity (Wildman–Crippen MR) is 92.7 cm³/mol. The largest absolute Gasteiger partial charge is 0.320 e. The van der Waals surface area contributed by atoms with E-state index in [2.05, 4.69) is 14.4 Å². The molecule has 1 aromatic rings. The molecule has 0 aliphatic rings. The van der Waals surface area contributed by atoms with Gasteiger partial charge in [0.15, 0.2) is 9.92 Å². The number of amides is 2. The lowest BCUT2D eigenvalue weighted by atomic mass is 10.0. The molecular weight excluding hydrogens is 360 g/mol. The molecule has 1 heterocycles. The van der Waals surface area contributed by atoms with Crippen LogP contribution in [0.5, 0.6) is 0 Å². The van der Waals surface area contributed by atoms with Crippen molar-refractivity contribution in [3.05, 3.63) is 16.5 Å². The van der Waals surface area contributed by atoms with Gasteiger partial charge in [-0.1, -0.05) is 25.4 Å². The number of rotatable bonds is 7. The second kappa shape index (κ2) is 8.74. The zero-order chi connectivity index (χ0) is 17.6. The lowest BCUT2D eigenvalue weighted by molar-refractivity contribution is -0.119. The Morgan fingerprint density at radius 2 is 2.13 bits per heavy atom. The summed E-state index contributed by atoms with van der Waals surface area (Å²) in [5.41, 5.74) is 5.78. The summed E-state index contributed by atoms with van der Waals surface area (Å²) in [6, 6.07) is 0.548. The molecule has 0 saturated carbocycles. The van der Waals surface area contributed by atoms with E-state index in [1.165, 1.54) is 6.07 Å². The van der Waals surface area contributed by atoms with E-state index in [0.717, 1.165) is 11.3 Å². The molecule has 7 nitrogen and oxygen atoms in total. The van der Waals surface area contributed by atoms with Crippen LogP contribution in [0, 0.1) is 5.92 Å². The third-order valence-electron chi connectivity index (χ3n) is 2.67. The first-order chi connectivity index (χ1) is 10.7. The molecule has 130 valence electrons. The van der Waals surface area contributed by atoms with Gasteiger partial charge in [-0.15, -0.1) is 15.7 Å². The van der Waals surface area contributed by atoms with Crippen LogP contribution in [-0.4, -0.2) is 35.7 Å². The zero-order valence-electron chi connectivity index (χ0n) is 13.2. The fourth-order valence-electron chi connectivity index (χ4n) is 1.71. The minimum absolute atomic E-state index is 0.0577. The van der Waals surface area contributed by atoms with Crippen LogP contribution in [0.25, 0.3) is 0 Å². The minimum Gasteiger partial charge on any atom is -0.320 e. The van der Waals surface area contributed by atoms with Gasteiger partial charge >= 0.3 is 0 Å². The summed E-state index contributed by atoms with van der Waals surface area (Å²) < 4.78 is 19.3. The molecule has 4 N–H and O–H groups in total. The molecule has 0 aliphatic carbocycles. The van der Waals surface area contributed by atoms with Crippen LogP contribution < -0.4 is 15.8 Å². The molecule has 0 radical (unpaired) electrons. The molecule has 2 amide bonds. The molecule has 1 unspecified atom stereocenters. The van der Waals surface area contributed by atoms with E-state index in [4.69, 9.17) is 17.3 Å². The molecule has 1 rings (SSSR count). The van der Waals surface area contributed by atoms with Crippen LogP contribution >= 0.6 is 22.9 Å². The van der Waals surface area contributed by atoms with Crippen LogP contribution in [0.2, 0.25) is 5.02 Å². The van der Waals surface area contributed by atoms with Gasteiger partial charge < -0.3 is 11.1 Å². The second-order valence-electron chi connectivity index (χ2n) is 5.33. The maximum atomic E-state index is 13.0. The standard InChI is InChI=1S/C13H21ClN4O3S2/c1-8(2)4-10(15)13(20)18-23(21,17-11(19)6-16-3)12-5-9(14)7-22-12/h5,7-8,10,16H,4,6,15H2,1-3H3,(H,17,18,19,20,21)/t10-,23?/m0/s1. The number of nitrogens with one attached hydrogen (secondary N) is 2. The lowest BCUT2D eigenvalue weighted by Gasteiger charge is -2.13. The van der Waals surface area contributed by atoms with Crippen LogP contribution in [-0.2, 0) is 19.5 Å². The smallest absolute Gasteiger partial charge is 0.272 e. The Hall–Kier alpha value is -1.000. The van der Waals surface area contributed by atoms with E-state index in [9.17, 15) is 13.8 Å². The van der Waals surface area contributed by atoms with Gasteiger partial charge in [0, 0.05) is 5.38 Å². The lowest BCUT2D eigenvalue weighted by Crippen LogP contribution is -2.38. The second-order valence-corrected chi connectivity index (χ2v) is 8.82. The molecule has 2 atom stereocenters. The van der Waals surface area contributed by atoms with E-state index in [1.807, 2.05) is 13.8 Å². The van der Waals surface area contributed by atoms with E-state index in [0.29, 0.717) is 11.4 Å². The Morgan fingerprint density at radius 3 is 2.61 bits per heavy atom. The predicted octanol–water partition coefficient (Wildman–Crippen LogP) is 1.38. The topological polar surface area (TPSA) is 114 Å². The van der Waals surface area contributed by atoms with Crippen molar-refractivity contribution in [3.8, 4) is 0 Å². The zero-order valence-corrected chi connectivity index (χ0v) is 15.6. The number of carbonyl (C=O) groups excluding carboxylic acids is 2. The maximum Gasteiger partial charge on any atom is 0.272 e. The number of thiophene rings is 1. The van der Waals surface area contributed by atoms with Gasteiger partial charge in [-0.05, 0) is 25.5 Å². The number of carbonyl (C=O) groups is 2. The van der Waals surface area contributed by atoms with Gasteiger partial charge in [-0.3, -0.25) is 14.3 Å². The highest BCUT2D eigenvalue weighted by Gasteiger charge is 2.23. The Labute approximate surface area is 145 Å². The SMILES string of the molecule is CNCC(=O)NS(=O)(=NC(=O)[C@@H](N)CC(C)C)c1cc(Cl)cs1. The number of nitrogens with two attached hydrogens (primary N) is 1. The summed E-state index contributed by atoms with van der Waals surface area (Å²) in [6.45, 7) is 3.77. The highest BCUT2D eigenvalue weighted by Crippen LogP contribution is 2.25. The molecule has 10 heteroatoms. The van der Waals surface area contributed by atoms with Gasteiger partial charge in [0.1, 0.15) is 4.21 Å². The summed E-state index contributed by atoms with van der Waals surface area (Å²) in [7, 11) is -1.88. The summed E-state index contributed by atoms with van der Waals surface area (Å²) >= 11 is 6.90. The van der Waals surface area contributed by atoms with Gasteiger partial charge in [-0.25, -0.2) is 4.21 Å². The Bertz CT molecular complexity index is 681. The third kappa shape index (κ3) is 6.19. The average Bonchev–Trinajstić information content (AvgIpc) is 2.85. The van der Waals surface area contributed by atoms with Crippen molar-refractivity contribution in [3.63, 3.8) is 0 Å². The molecule has 1 aromatic heterocycles. The first-order valence-corrected chi connectivity index (χ1v) is 9.71. The van der Waals surface area contributed by atoms with Crippen molar-refractivity contribution in [1.82, 2.24) is 10.0 Å². The molecule has 0 bridgehead atoms. The summed E-state index contributed by atoms with van der Waals surface area (Å²) in [6.07, 6.45) is 0.410. The number of likely N-dealkylation sites (N-methyl/N-ethyl adjacent to an activating group) is 1. The van der Waals surface area contributed by atoms with Crippen molar-refractivity contribution in [2.45, 2.75) is 30.5 Å². The van der Waals surface area contributed by atoms with Crippen molar-refractivity contribution in [2.75, 3.05) is 13.6 Å². The molecule has 0 saturated heterocycles. The quantitative estimate of drug-likeness (QED) is 0.661. The van der Waals surface area contributed by atoms with Crippen molar-refractivity contribution >= 4 is 44.7 Å². The molecule has 23 heavy (non-hydrogen) atoms. The fourth-order valence-corrected chi connectivity index (χ4v) is 4.77. The van der Waals surface area contributed by atoms with Crippen molar-refractivity contribution in [1.29, 1.82) is 0 Å². The van der Waals surface area contributed by atoms with Gasteiger partial charge in [0.2, 0.25) is 5.91 Å². The molecule has 0 aromatic carbocycles. The van der Waals surface area contributed by atoms with Crippen LogP contribution in [0.15, 0.2) is 20.0 Å². The fraction of sp³-hybridized carbons (Fsp3) is 0.538. The van der Waals surface area contributed by atoms with Gasteiger partial charge in [0.25, 0.3) is 5.91 Å². The van der Waals surface area contributed by atoms with E-state index >= 15 is 0 Å². The van der Waals surface area contributed by atoms with Crippen molar-refractivity contribution in [2.24, 2.45) is 16.0 Å². The average molecular weight is 381 g/mol.